The number of hydrogen-bond acceptors (Lipinski definition) is 3. The third kappa shape index (κ3) is 2.50. The van der Waals surface area contributed by atoms with Crippen molar-refractivity contribution in [1.29, 1.82) is 0 Å². The minimum absolute atomic E-state index is 0.0104. The highest BCUT2D eigenvalue weighted by atomic mass is 16.3. The molecule has 2 heterocycles. The second-order valence-corrected chi connectivity index (χ2v) is 5.22. The van der Waals surface area contributed by atoms with Crippen LogP contribution in [0.4, 0.5) is 0 Å². The Kier molecular flexibility index (Phi) is 3.64. The fourth-order valence-electron chi connectivity index (χ4n) is 2.56. The summed E-state index contributed by atoms with van der Waals surface area (Å²) in [7, 11) is 3.44. The highest BCUT2D eigenvalue weighted by Crippen LogP contribution is 2.24. The number of likely N-dealkylation sites (tertiary alicyclic amines) is 1. The molecule has 1 unspecified atom stereocenters. The van der Waals surface area contributed by atoms with Crippen LogP contribution in [0.3, 0.4) is 0 Å². The molecular weight excluding hydrogens is 244 g/mol. The third-order valence-electron chi connectivity index (χ3n) is 3.51. The average Bonchev–Trinajstić information content (AvgIpc) is 2.93. The van der Waals surface area contributed by atoms with Gasteiger partial charge in [0.15, 0.2) is 0 Å². The Balaban J connectivity index is 2.23. The van der Waals surface area contributed by atoms with E-state index in [-0.39, 0.29) is 17.9 Å². The predicted molar refractivity (Wildman–Crippen MR) is 70.9 cm³/mol. The molecule has 1 atom stereocenters. The zero-order valence-corrected chi connectivity index (χ0v) is 11.9. The topological polar surface area (TPSA) is 53.8 Å². The summed E-state index contributed by atoms with van der Waals surface area (Å²) < 4.78 is 5.40. The van der Waals surface area contributed by atoms with E-state index in [2.05, 4.69) is 0 Å². The molecule has 0 bridgehead atoms. The van der Waals surface area contributed by atoms with Crippen LogP contribution < -0.4 is 0 Å². The Bertz CT molecular complexity index is 505. The van der Waals surface area contributed by atoms with E-state index in [0.717, 1.165) is 18.6 Å². The number of hydrogen-bond donors (Lipinski definition) is 0. The zero-order chi connectivity index (χ0) is 14.2. The molecule has 1 saturated heterocycles. The Morgan fingerprint density at radius 1 is 1.37 bits per heavy atom. The van der Waals surface area contributed by atoms with E-state index in [9.17, 15) is 9.59 Å². The first-order chi connectivity index (χ1) is 8.91. The Hall–Kier alpha value is -1.78. The molecule has 2 rings (SSSR count). The van der Waals surface area contributed by atoms with Crippen molar-refractivity contribution in [3.05, 3.63) is 23.2 Å². The second-order valence-electron chi connectivity index (χ2n) is 5.22. The first kappa shape index (κ1) is 13.6. The fraction of sp³-hybridized carbons (Fsp3) is 0.571. The third-order valence-corrected chi connectivity index (χ3v) is 3.51. The largest absolute Gasteiger partial charge is 0.466 e. The van der Waals surface area contributed by atoms with Gasteiger partial charge in [-0.2, -0.15) is 0 Å². The molecule has 104 valence electrons. The second kappa shape index (κ2) is 5.07. The number of carbonyl (C=O) groups excluding carboxylic acids is 2. The van der Waals surface area contributed by atoms with E-state index in [1.807, 2.05) is 6.92 Å². The van der Waals surface area contributed by atoms with Gasteiger partial charge in [-0.25, -0.2) is 0 Å². The quantitative estimate of drug-likeness (QED) is 0.815. The molecule has 0 aromatic carbocycles. The summed E-state index contributed by atoms with van der Waals surface area (Å²) in [6, 6.07) is 1.41. The SMILES string of the molecule is Cc1cc(C(=O)N2CCCC2C(=O)N(C)C)c(C)o1. The van der Waals surface area contributed by atoms with Gasteiger partial charge < -0.3 is 14.2 Å². The highest BCUT2D eigenvalue weighted by molar-refractivity contribution is 5.98. The zero-order valence-electron chi connectivity index (χ0n) is 11.9. The smallest absolute Gasteiger partial charge is 0.258 e. The summed E-state index contributed by atoms with van der Waals surface area (Å²) in [6.45, 7) is 4.22. The van der Waals surface area contributed by atoms with Crippen molar-refractivity contribution >= 4 is 11.8 Å². The van der Waals surface area contributed by atoms with Crippen LogP contribution in [0.1, 0.15) is 34.7 Å². The summed E-state index contributed by atoms with van der Waals surface area (Å²) in [4.78, 5) is 27.8. The van der Waals surface area contributed by atoms with Gasteiger partial charge in [-0.1, -0.05) is 0 Å². The molecule has 5 nitrogen and oxygen atoms in total. The number of furan rings is 1. The van der Waals surface area contributed by atoms with Crippen LogP contribution in [0.25, 0.3) is 0 Å². The van der Waals surface area contributed by atoms with Gasteiger partial charge in [0.05, 0.1) is 5.56 Å². The van der Waals surface area contributed by atoms with E-state index in [1.165, 1.54) is 0 Å². The van der Waals surface area contributed by atoms with Crippen molar-refractivity contribution in [2.24, 2.45) is 0 Å². The average molecular weight is 264 g/mol. The van der Waals surface area contributed by atoms with Gasteiger partial charge in [0.25, 0.3) is 5.91 Å². The summed E-state index contributed by atoms with van der Waals surface area (Å²) in [5.74, 6) is 1.22. The number of likely N-dealkylation sites (N-methyl/N-ethyl adjacent to an activating group) is 1. The first-order valence-electron chi connectivity index (χ1n) is 6.51. The minimum atomic E-state index is -0.336. The van der Waals surface area contributed by atoms with Crippen LogP contribution in [0.5, 0.6) is 0 Å². The molecule has 1 fully saturated rings. The van der Waals surface area contributed by atoms with E-state index in [0.29, 0.717) is 17.9 Å². The Labute approximate surface area is 113 Å². The predicted octanol–water partition coefficient (Wildman–Crippen LogP) is 1.59. The van der Waals surface area contributed by atoms with Crippen LogP contribution in [0, 0.1) is 13.8 Å². The van der Waals surface area contributed by atoms with Crippen molar-refractivity contribution in [3.63, 3.8) is 0 Å². The lowest BCUT2D eigenvalue weighted by molar-refractivity contribution is -0.132. The number of aryl methyl sites for hydroxylation is 2. The summed E-state index contributed by atoms with van der Waals surface area (Å²) in [6.07, 6.45) is 1.60. The maximum atomic E-state index is 12.5. The van der Waals surface area contributed by atoms with Gasteiger partial charge in [-0.05, 0) is 32.8 Å². The first-order valence-corrected chi connectivity index (χ1v) is 6.51. The summed E-state index contributed by atoms with van der Waals surface area (Å²) in [5, 5.41) is 0. The molecule has 1 aromatic rings. The molecular formula is C14H20N2O3. The van der Waals surface area contributed by atoms with E-state index in [1.54, 1.807) is 36.9 Å². The van der Waals surface area contributed by atoms with E-state index < -0.39 is 0 Å². The van der Waals surface area contributed by atoms with Crippen molar-refractivity contribution in [2.75, 3.05) is 20.6 Å². The minimum Gasteiger partial charge on any atom is -0.466 e. The fourth-order valence-corrected chi connectivity index (χ4v) is 2.56. The molecule has 0 aliphatic carbocycles. The molecule has 0 radical (unpaired) electrons. The molecule has 0 saturated carbocycles. The van der Waals surface area contributed by atoms with Gasteiger partial charge >= 0.3 is 0 Å². The van der Waals surface area contributed by atoms with Gasteiger partial charge in [0.2, 0.25) is 5.91 Å². The maximum absolute atomic E-state index is 12.5. The molecule has 19 heavy (non-hydrogen) atoms. The summed E-state index contributed by atoms with van der Waals surface area (Å²) in [5.41, 5.74) is 0.566. The maximum Gasteiger partial charge on any atom is 0.258 e. The highest BCUT2D eigenvalue weighted by Gasteiger charge is 2.36. The Morgan fingerprint density at radius 2 is 2.05 bits per heavy atom. The van der Waals surface area contributed by atoms with Gasteiger partial charge in [0.1, 0.15) is 17.6 Å². The van der Waals surface area contributed by atoms with Crippen molar-refractivity contribution in [3.8, 4) is 0 Å². The van der Waals surface area contributed by atoms with Crippen LogP contribution in [0.15, 0.2) is 10.5 Å². The molecule has 5 heteroatoms. The molecule has 0 N–H and O–H groups in total. The number of rotatable bonds is 2. The molecule has 2 amide bonds. The standard InChI is InChI=1S/C14H20N2O3/c1-9-8-11(10(2)19-9)13(17)16-7-5-6-12(16)14(18)15(3)4/h8,12H,5-7H2,1-4H3. The van der Waals surface area contributed by atoms with Crippen molar-refractivity contribution in [2.45, 2.75) is 32.7 Å². The monoisotopic (exact) mass is 264 g/mol. The molecule has 1 aliphatic heterocycles. The number of nitrogens with zero attached hydrogens (tertiary/aromatic N) is 2. The number of amides is 2. The lowest BCUT2D eigenvalue weighted by Gasteiger charge is -2.26. The van der Waals surface area contributed by atoms with Crippen LogP contribution in [0.2, 0.25) is 0 Å². The van der Waals surface area contributed by atoms with Crippen LogP contribution in [-0.2, 0) is 4.79 Å². The summed E-state index contributed by atoms with van der Waals surface area (Å²) >= 11 is 0. The normalized spacial score (nSPS) is 18.7. The molecule has 1 aliphatic rings. The van der Waals surface area contributed by atoms with E-state index >= 15 is 0 Å². The lowest BCUT2D eigenvalue weighted by atomic mass is 10.1. The molecule has 1 aromatic heterocycles. The number of carbonyl (C=O) groups is 2. The van der Waals surface area contributed by atoms with Crippen LogP contribution >= 0.6 is 0 Å². The van der Waals surface area contributed by atoms with Gasteiger partial charge in [-0.15, -0.1) is 0 Å². The van der Waals surface area contributed by atoms with Crippen molar-refractivity contribution < 1.29 is 14.0 Å². The van der Waals surface area contributed by atoms with Crippen LogP contribution in [-0.4, -0.2) is 48.3 Å². The van der Waals surface area contributed by atoms with Gasteiger partial charge in [0, 0.05) is 20.6 Å². The van der Waals surface area contributed by atoms with Gasteiger partial charge in [-0.3, -0.25) is 9.59 Å². The lowest BCUT2D eigenvalue weighted by Crippen LogP contribution is -2.45. The molecule has 0 spiro atoms. The van der Waals surface area contributed by atoms with Crippen molar-refractivity contribution in [1.82, 2.24) is 9.80 Å². The Morgan fingerprint density at radius 3 is 2.58 bits per heavy atom. The van der Waals surface area contributed by atoms with E-state index in [4.69, 9.17) is 4.42 Å².